The van der Waals surface area contributed by atoms with Crippen LogP contribution in [0.3, 0.4) is 0 Å². The predicted octanol–water partition coefficient (Wildman–Crippen LogP) is 15.5. The molecule has 314 valence electrons. The first-order chi connectivity index (χ1) is 33.7. The van der Waals surface area contributed by atoms with Crippen LogP contribution in [0.4, 0.5) is 0 Å². The quantitative estimate of drug-likeness (QED) is 0.173. The molecule has 68 heavy (non-hydrogen) atoms. The molecule has 0 aliphatic rings. The molecular weight excluding hydrogens is 829 g/mol. The van der Waals surface area contributed by atoms with E-state index < -0.39 is 0 Å². The smallest absolute Gasteiger partial charge is 0.0993 e. The van der Waals surface area contributed by atoms with Crippen molar-refractivity contribution in [3.8, 4) is 46.0 Å². The molecule has 0 radical (unpaired) electrons. The maximum Gasteiger partial charge on any atom is 0.0993 e. The fraction of sp³-hybridized carbons (Fsp3) is 0. The number of hydrogen-bond acceptors (Lipinski definition) is 2. The number of fused-ring (bicyclic) bond motifs is 14. The summed E-state index contributed by atoms with van der Waals surface area (Å²) in [5.74, 6) is 0. The highest BCUT2D eigenvalue weighted by Gasteiger charge is 2.28. The van der Waals surface area contributed by atoms with E-state index in [9.17, 15) is 10.5 Å². The number of aromatic nitrogens is 4. The van der Waals surface area contributed by atoms with Gasteiger partial charge in [-0.15, -0.1) is 0 Å². The minimum absolute atomic E-state index is 0.513. The Bertz CT molecular complexity index is 4260. The molecule has 4 heterocycles. The van der Waals surface area contributed by atoms with Gasteiger partial charge in [0.1, 0.15) is 0 Å². The van der Waals surface area contributed by atoms with Crippen molar-refractivity contribution in [3.63, 3.8) is 0 Å². The van der Waals surface area contributed by atoms with Gasteiger partial charge >= 0.3 is 0 Å². The standard InChI is InChI=1S/C62H36N6/c63-37-39-16-15-17-41(34-39)58-56(67-54-28-13-9-24-46(54)50-32-30-48-44-22-7-11-26-52(44)65(59(48)61(50)67)42-18-3-1-4-19-42)35-40(38-64)36-57(58)68-55-29-14-10-25-47(55)51-33-31-49-45-23-8-12-27-53(45)66(60(49)62(51)68)43-20-5-2-6-21-43/h1-36H. The van der Waals surface area contributed by atoms with Gasteiger partial charge in [-0.3, -0.25) is 0 Å². The molecule has 0 atom stereocenters. The van der Waals surface area contributed by atoms with Gasteiger partial charge in [0.15, 0.2) is 0 Å². The summed E-state index contributed by atoms with van der Waals surface area (Å²) in [7, 11) is 0. The Hall–Kier alpha value is -9.62. The lowest BCUT2D eigenvalue weighted by Crippen LogP contribution is -2.06. The van der Waals surface area contributed by atoms with E-state index in [0.717, 1.165) is 121 Å². The topological polar surface area (TPSA) is 67.3 Å². The molecule has 6 heteroatoms. The van der Waals surface area contributed by atoms with Gasteiger partial charge in [-0.1, -0.05) is 146 Å². The van der Waals surface area contributed by atoms with E-state index in [2.05, 4.69) is 218 Å². The van der Waals surface area contributed by atoms with E-state index in [1.165, 1.54) is 0 Å². The molecule has 14 rings (SSSR count). The van der Waals surface area contributed by atoms with Crippen LogP contribution in [0.2, 0.25) is 0 Å². The van der Waals surface area contributed by atoms with Gasteiger partial charge in [-0.2, -0.15) is 10.5 Å². The Balaban J connectivity index is 1.23. The van der Waals surface area contributed by atoms with Crippen LogP contribution >= 0.6 is 0 Å². The summed E-state index contributed by atoms with van der Waals surface area (Å²) in [4.78, 5) is 0. The Morgan fingerprint density at radius 3 is 1.03 bits per heavy atom. The molecule has 0 unspecified atom stereocenters. The zero-order valence-electron chi connectivity index (χ0n) is 36.5. The van der Waals surface area contributed by atoms with Crippen molar-refractivity contribution in [2.45, 2.75) is 0 Å². The molecule has 0 saturated carbocycles. The van der Waals surface area contributed by atoms with Crippen LogP contribution in [0.5, 0.6) is 0 Å². The summed E-state index contributed by atoms with van der Waals surface area (Å²) < 4.78 is 9.54. The number of nitrogens with zero attached hydrogens (tertiary/aromatic N) is 6. The van der Waals surface area contributed by atoms with Crippen LogP contribution in [0.15, 0.2) is 218 Å². The van der Waals surface area contributed by atoms with Gasteiger partial charge in [0, 0.05) is 60.0 Å². The fourth-order valence-corrected chi connectivity index (χ4v) is 11.3. The summed E-state index contributed by atoms with van der Waals surface area (Å²) in [5.41, 5.74) is 15.0. The molecule has 6 nitrogen and oxygen atoms in total. The lowest BCUT2D eigenvalue weighted by atomic mass is 9.96. The first-order valence-electron chi connectivity index (χ1n) is 22.8. The second-order valence-corrected chi connectivity index (χ2v) is 17.5. The van der Waals surface area contributed by atoms with Crippen LogP contribution in [-0.4, -0.2) is 18.3 Å². The average molecular weight is 865 g/mol. The van der Waals surface area contributed by atoms with Crippen molar-refractivity contribution in [2.75, 3.05) is 0 Å². The number of rotatable bonds is 5. The van der Waals surface area contributed by atoms with Crippen LogP contribution in [0.25, 0.3) is 121 Å². The lowest BCUT2D eigenvalue weighted by molar-refractivity contribution is 1.12. The van der Waals surface area contributed by atoms with Crippen molar-refractivity contribution in [2.24, 2.45) is 0 Å². The first-order valence-corrected chi connectivity index (χ1v) is 22.8. The summed E-state index contributed by atoms with van der Waals surface area (Å²) in [6.07, 6.45) is 0. The minimum atomic E-state index is 0.513. The third-order valence-electron chi connectivity index (χ3n) is 14.0. The van der Waals surface area contributed by atoms with Gasteiger partial charge in [0.25, 0.3) is 0 Å². The Labute approximate surface area is 389 Å². The van der Waals surface area contributed by atoms with Gasteiger partial charge in [0.05, 0.1) is 78.8 Å². The van der Waals surface area contributed by atoms with E-state index in [-0.39, 0.29) is 0 Å². The highest BCUT2D eigenvalue weighted by atomic mass is 15.1. The van der Waals surface area contributed by atoms with Gasteiger partial charge in [-0.05, 0) is 78.4 Å². The van der Waals surface area contributed by atoms with Crippen LogP contribution in [-0.2, 0) is 0 Å². The van der Waals surface area contributed by atoms with Gasteiger partial charge in [0.2, 0.25) is 0 Å². The predicted molar refractivity (Wildman–Crippen MR) is 279 cm³/mol. The number of nitriles is 2. The van der Waals surface area contributed by atoms with Crippen LogP contribution in [0, 0.1) is 22.7 Å². The Morgan fingerprint density at radius 2 is 0.632 bits per heavy atom. The third-order valence-corrected chi connectivity index (χ3v) is 14.0. The zero-order valence-corrected chi connectivity index (χ0v) is 36.5. The van der Waals surface area contributed by atoms with Crippen molar-refractivity contribution < 1.29 is 0 Å². The van der Waals surface area contributed by atoms with Crippen LogP contribution in [0.1, 0.15) is 11.1 Å². The molecule has 0 aliphatic heterocycles. The number of para-hydroxylation sites is 6. The summed E-state index contributed by atoms with van der Waals surface area (Å²) in [6, 6.07) is 81.7. The molecular formula is C62H36N6. The maximum absolute atomic E-state index is 11.3. The normalized spacial score (nSPS) is 11.8. The van der Waals surface area contributed by atoms with Gasteiger partial charge in [-0.25, -0.2) is 0 Å². The monoisotopic (exact) mass is 864 g/mol. The van der Waals surface area contributed by atoms with Crippen molar-refractivity contribution in [1.82, 2.24) is 18.3 Å². The second-order valence-electron chi connectivity index (χ2n) is 17.5. The molecule has 0 fully saturated rings. The van der Waals surface area contributed by atoms with Crippen molar-refractivity contribution >= 4 is 87.2 Å². The molecule has 0 amide bonds. The van der Waals surface area contributed by atoms with E-state index in [1.807, 2.05) is 30.3 Å². The van der Waals surface area contributed by atoms with Crippen molar-refractivity contribution in [3.05, 3.63) is 230 Å². The highest BCUT2D eigenvalue weighted by Crippen LogP contribution is 2.48. The molecule has 0 aliphatic carbocycles. The first kappa shape index (κ1) is 37.7. The zero-order chi connectivity index (χ0) is 45.0. The fourth-order valence-electron chi connectivity index (χ4n) is 11.3. The minimum Gasteiger partial charge on any atom is -0.307 e. The summed E-state index contributed by atoms with van der Waals surface area (Å²) >= 11 is 0. The summed E-state index contributed by atoms with van der Waals surface area (Å²) in [6.45, 7) is 0. The average Bonchev–Trinajstić information content (AvgIpc) is 4.14. The van der Waals surface area contributed by atoms with E-state index >= 15 is 0 Å². The molecule has 0 N–H and O–H groups in total. The lowest BCUT2D eigenvalue weighted by Gasteiger charge is -2.22. The number of benzene rings is 10. The molecule has 0 saturated heterocycles. The van der Waals surface area contributed by atoms with Crippen molar-refractivity contribution in [1.29, 1.82) is 10.5 Å². The second kappa shape index (κ2) is 14.4. The largest absolute Gasteiger partial charge is 0.307 e. The Morgan fingerprint density at radius 1 is 0.279 bits per heavy atom. The maximum atomic E-state index is 11.3. The SMILES string of the molecule is N#Cc1cccc(-c2c(-n3c4ccccc4c4ccc5c6ccccc6n(-c6ccccc6)c5c43)cc(C#N)cc2-n2c3ccccc3c3ccc4c5ccccc5n(-c5ccccc5)c4c32)c1. The molecule has 4 aromatic heterocycles. The highest BCUT2D eigenvalue weighted by molar-refractivity contribution is 6.26. The molecule has 0 bridgehead atoms. The molecule has 10 aromatic carbocycles. The van der Waals surface area contributed by atoms with Crippen LogP contribution < -0.4 is 0 Å². The van der Waals surface area contributed by atoms with E-state index in [1.54, 1.807) is 0 Å². The number of hydrogen-bond donors (Lipinski definition) is 0. The van der Waals surface area contributed by atoms with Gasteiger partial charge < -0.3 is 18.3 Å². The molecule has 0 spiro atoms. The van der Waals surface area contributed by atoms with E-state index in [4.69, 9.17) is 0 Å². The molecule has 14 aromatic rings. The summed E-state index contributed by atoms with van der Waals surface area (Å²) in [5, 5.41) is 30.7. The van der Waals surface area contributed by atoms with E-state index in [0.29, 0.717) is 11.1 Å². The Kier molecular flexibility index (Phi) is 8.01. The third kappa shape index (κ3) is 5.20.